The number of Topliss-reactive ketones (excluding diaryl/α,β-unsaturated/α-hetero) is 1. The molecule has 3 heteroatoms. The molecule has 0 fully saturated rings. The SMILES string of the molecule is C=N/C(=C\C=C/C)C(=O)CC#N. The van der Waals surface area contributed by atoms with Crippen LogP contribution in [0.15, 0.2) is 28.9 Å². The molecule has 0 aliphatic rings. The third-order valence-corrected chi connectivity index (χ3v) is 1.14. The van der Waals surface area contributed by atoms with Gasteiger partial charge in [-0.2, -0.15) is 5.26 Å². The van der Waals surface area contributed by atoms with E-state index in [2.05, 4.69) is 11.7 Å². The molecule has 12 heavy (non-hydrogen) atoms. The van der Waals surface area contributed by atoms with E-state index in [0.29, 0.717) is 0 Å². The van der Waals surface area contributed by atoms with Gasteiger partial charge in [0.1, 0.15) is 12.1 Å². The van der Waals surface area contributed by atoms with Crippen molar-refractivity contribution in [3.63, 3.8) is 0 Å². The van der Waals surface area contributed by atoms with Crippen molar-refractivity contribution in [3.05, 3.63) is 23.9 Å². The van der Waals surface area contributed by atoms with Crippen LogP contribution in [0.25, 0.3) is 0 Å². The largest absolute Gasteiger partial charge is 0.291 e. The molecule has 0 aromatic heterocycles. The molecule has 0 spiro atoms. The molecule has 0 bridgehead atoms. The van der Waals surface area contributed by atoms with Crippen LogP contribution in [-0.2, 0) is 4.79 Å². The molecule has 0 saturated carbocycles. The second-order valence-electron chi connectivity index (χ2n) is 1.99. The zero-order valence-corrected chi connectivity index (χ0v) is 6.95. The van der Waals surface area contributed by atoms with E-state index in [0.717, 1.165) is 0 Å². The fraction of sp³-hybridized carbons (Fsp3) is 0.222. The van der Waals surface area contributed by atoms with Crippen molar-refractivity contribution in [1.29, 1.82) is 5.26 Å². The molecule has 0 radical (unpaired) electrons. The molecular formula is C9H10N2O. The van der Waals surface area contributed by atoms with Crippen LogP contribution in [0.4, 0.5) is 0 Å². The minimum atomic E-state index is -0.300. The van der Waals surface area contributed by atoms with Gasteiger partial charge >= 0.3 is 0 Å². The number of ketones is 1. The van der Waals surface area contributed by atoms with Crippen molar-refractivity contribution < 1.29 is 4.79 Å². The number of nitrogens with zero attached hydrogens (tertiary/aromatic N) is 2. The lowest BCUT2D eigenvalue weighted by Crippen LogP contribution is -1.97. The highest BCUT2D eigenvalue weighted by molar-refractivity contribution is 5.97. The van der Waals surface area contributed by atoms with E-state index in [1.807, 2.05) is 6.92 Å². The standard InChI is InChI=1S/C9H10N2O/c1-3-4-5-8(11-2)9(12)6-7-10/h3-5H,2,6H2,1H3/b4-3-,8-5-. The molecule has 0 aliphatic carbocycles. The summed E-state index contributed by atoms with van der Waals surface area (Å²) in [6.07, 6.45) is 4.83. The van der Waals surface area contributed by atoms with Gasteiger partial charge in [-0.1, -0.05) is 12.2 Å². The first-order chi connectivity index (χ1) is 5.76. The zero-order chi connectivity index (χ0) is 9.40. The molecule has 0 heterocycles. The van der Waals surface area contributed by atoms with Gasteiger partial charge in [0.05, 0.1) is 6.07 Å². The molecule has 0 rings (SSSR count). The second-order valence-corrected chi connectivity index (χ2v) is 1.99. The number of rotatable bonds is 4. The van der Waals surface area contributed by atoms with E-state index < -0.39 is 0 Å². The first-order valence-corrected chi connectivity index (χ1v) is 3.46. The maximum Gasteiger partial charge on any atom is 0.195 e. The van der Waals surface area contributed by atoms with Crippen LogP contribution in [0.5, 0.6) is 0 Å². The summed E-state index contributed by atoms with van der Waals surface area (Å²) in [7, 11) is 0. The number of hydrogen-bond donors (Lipinski definition) is 0. The Morgan fingerprint density at radius 3 is 2.83 bits per heavy atom. The van der Waals surface area contributed by atoms with Crippen LogP contribution in [0.3, 0.4) is 0 Å². The lowest BCUT2D eigenvalue weighted by atomic mass is 10.2. The molecule has 0 saturated heterocycles. The van der Waals surface area contributed by atoms with E-state index in [4.69, 9.17) is 5.26 Å². The summed E-state index contributed by atoms with van der Waals surface area (Å²) in [6, 6.07) is 1.76. The van der Waals surface area contributed by atoms with Crippen molar-refractivity contribution in [1.82, 2.24) is 0 Å². The van der Waals surface area contributed by atoms with Gasteiger partial charge in [0.15, 0.2) is 5.78 Å². The van der Waals surface area contributed by atoms with E-state index >= 15 is 0 Å². The fourth-order valence-electron chi connectivity index (χ4n) is 0.584. The Balaban J connectivity index is 4.46. The molecule has 62 valence electrons. The highest BCUT2D eigenvalue weighted by atomic mass is 16.1. The van der Waals surface area contributed by atoms with Crippen LogP contribution >= 0.6 is 0 Å². The Morgan fingerprint density at radius 1 is 1.75 bits per heavy atom. The lowest BCUT2D eigenvalue weighted by molar-refractivity contribution is -0.114. The van der Waals surface area contributed by atoms with Crippen LogP contribution in [0.2, 0.25) is 0 Å². The average Bonchev–Trinajstić information content (AvgIpc) is 2.06. The Labute approximate surface area is 71.7 Å². The molecule has 0 aromatic rings. The minimum absolute atomic E-state index is 0.150. The third kappa shape index (κ3) is 3.47. The molecule has 0 aromatic carbocycles. The van der Waals surface area contributed by atoms with Gasteiger partial charge in [0.2, 0.25) is 0 Å². The van der Waals surface area contributed by atoms with Gasteiger partial charge in [0, 0.05) is 0 Å². The van der Waals surface area contributed by atoms with Gasteiger partial charge < -0.3 is 0 Å². The minimum Gasteiger partial charge on any atom is -0.291 e. The van der Waals surface area contributed by atoms with Gasteiger partial charge in [0.25, 0.3) is 0 Å². The van der Waals surface area contributed by atoms with Crippen molar-refractivity contribution in [2.24, 2.45) is 4.99 Å². The predicted octanol–water partition coefficient (Wildman–Crippen LogP) is 1.63. The van der Waals surface area contributed by atoms with E-state index in [9.17, 15) is 4.79 Å². The van der Waals surface area contributed by atoms with Gasteiger partial charge in [-0.25, -0.2) is 0 Å². The van der Waals surface area contributed by atoms with Crippen molar-refractivity contribution in [2.75, 3.05) is 0 Å². The van der Waals surface area contributed by atoms with E-state index in [1.165, 1.54) is 6.08 Å². The van der Waals surface area contributed by atoms with Gasteiger partial charge in [-0.15, -0.1) is 0 Å². The first-order valence-electron chi connectivity index (χ1n) is 3.46. The monoisotopic (exact) mass is 162 g/mol. The highest BCUT2D eigenvalue weighted by Crippen LogP contribution is 2.00. The summed E-state index contributed by atoms with van der Waals surface area (Å²) in [5.41, 5.74) is 0.231. The number of hydrogen-bond acceptors (Lipinski definition) is 3. The summed E-state index contributed by atoms with van der Waals surface area (Å²) in [6.45, 7) is 5.06. The molecule has 0 atom stereocenters. The van der Waals surface area contributed by atoms with Gasteiger partial charge in [-0.05, 0) is 19.7 Å². The first kappa shape index (κ1) is 10.3. The summed E-state index contributed by atoms with van der Waals surface area (Å²) in [5.74, 6) is -0.300. The number of carbonyl (C=O) groups is 1. The molecule has 0 unspecified atom stereocenters. The number of allylic oxidation sites excluding steroid dienone is 4. The smallest absolute Gasteiger partial charge is 0.195 e. The van der Waals surface area contributed by atoms with Crippen LogP contribution in [0.1, 0.15) is 13.3 Å². The van der Waals surface area contributed by atoms with E-state index in [1.54, 1.807) is 18.2 Å². The Bertz CT molecular complexity index is 269. The number of aliphatic imine (C=N–C) groups is 1. The van der Waals surface area contributed by atoms with Gasteiger partial charge in [-0.3, -0.25) is 9.79 Å². The summed E-state index contributed by atoms with van der Waals surface area (Å²) < 4.78 is 0. The molecule has 0 N–H and O–H groups in total. The average molecular weight is 162 g/mol. The summed E-state index contributed by atoms with van der Waals surface area (Å²) >= 11 is 0. The summed E-state index contributed by atoms with van der Waals surface area (Å²) in [4.78, 5) is 14.5. The highest BCUT2D eigenvalue weighted by Gasteiger charge is 2.04. The molecular weight excluding hydrogens is 152 g/mol. The topological polar surface area (TPSA) is 53.2 Å². The second kappa shape index (κ2) is 6.05. The van der Waals surface area contributed by atoms with E-state index in [-0.39, 0.29) is 17.9 Å². The van der Waals surface area contributed by atoms with Crippen LogP contribution < -0.4 is 0 Å². The molecule has 0 aliphatic heterocycles. The maximum atomic E-state index is 11.0. The molecule has 0 amide bonds. The van der Waals surface area contributed by atoms with Crippen LogP contribution in [-0.4, -0.2) is 12.5 Å². The lowest BCUT2D eigenvalue weighted by Gasteiger charge is -1.92. The van der Waals surface area contributed by atoms with Crippen molar-refractivity contribution >= 4 is 12.5 Å². The number of nitriles is 1. The fourth-order valence-corrected chi connectivity index (χ4v) is 0.584. The zero-order valence-electron chi connectivity index (χ0n) is 6.95. The summed E-state index contributed by atoms with van der Waals surface area (Å²) in [5, 5.41) is 8.23. The maximum absolute atomic E-state index is 11.0. The van der Waals surface area contributed by atoms with Crippen LogP contribution in [0, 0.1) is 11.3 Å². The van der Waals surface area contributed by atoms with Crippen molar-refractivity contribution in [2.45, 2.75) is 13.3 Å². The normalized spacial score (nSPS) is 11.2. The molecule has 3 nitrogen and oxygen atoms in total. The Morgan fingerprint density at radius 2 is 2.42 bits per heavy atom. The predicted molar refractivity (Wildman–Crippen MR) is 47.7 cm³/mol. The van der Waals surface area contributed by atoms with Crippen molar-refractivity contribution in [3.8, 4) is 6.07 Å². The third-order valence-electron chi connectivity index (χ3n) is 1.14. The Hall–Kier alpha value is -1.69. The number of carbonyl (C=O) groups excluding carboxylic acids is 1. The quantitative estimate of drug-likeness (QED) is 0.358. The Kier molecular flexibility index (Phi) is 5.20.